The van der Waals surface area contributed by atoms with Crippen LogP contribution in [0.25, 0.3) is 0 Å². The van der Waals surface area contributed by atoms with Gasteiger partial charge in [0, 0.05) is 24.3 Å². The number of carbonyl (C=O) groups excluding carboxylic acids is 1. The van der Waals surface area contributed by atoms with Crippen LogP contribution in [0.5, 0.6) is 0 Å². The molecule has 1 amide bonds. The lowest BCUT2D eigenvalue weighted by Crippen LogP contribution is -2.11. The third-order valence-corrected chi connectivity index (χ3v) is 3.85. The topological polar surface area (TPSA) is 61.4 Å². The number of amides is 1. The fourth-order valence-corrected chi connectivity index (χ4v) is 2.71. The predicted octanol–water partition coefficient (Wildman–Crippen LogP) is 3.93. The highest BCUT2D eigenvalue weighted by Crippen LogP contribution is 2.27. The number of anilines is 2. The molecule has 4 nitrogen and oxygen atoms in total. The lowest BCUT2D eigenvalue weighted by atomic mass is 10.0. The number of nitrogens with one attached hydrogen (secondary N) is 2. The Morgan fingerprint density at radius 2 is 1.83 bits per heavy atom. The van der Waals surface area contributed by atoms with E-state index in [1.54, 1.807) is 0 Å². The van der Waals surface area contributed by atoms with Crippen molar-refractivity contribution in [1.29, 1.82) is 0 Å². The van der Waals surface area contributed by atoms with Crippen LogP contribution in [-0.4, -0.2) is 11.0 Å². The van der Waals surface area contributed by atoms with Gasteiger partial charge in [0.25, 0.3) is 0 Å². The van der Waals surface area contributed by atoms with Gasteiger partial charge in [0.05, 0.1) is 6.61 Å². The van der Waals surface area contributed by atoms with E-state index in [0.29, 0.717) is 0 Å². The summed E-state index contributed by atoms with van der Waals surface area (Å²) in [6, 6.07) is 12.1. The van der Waals surface area contributed by atoms with E-state index in [0.717, 1.165) is 33.6 Å². The van der Waals surface area contributed by atoms with Gasteiger partial charge in [-0.15, -0.1) is 0 Å². The molecule has 23 heavy (non-hydrogen) atoms. The Labute approximate surface area is 137 Å². The van der Waals surface area contributed by atoms with Crippen LogP contribution in [0, 0.1) is 13.8 Å². The van der Waals surface area contributed by atoms with Crippen LogP contribution in [-0.2, 0) is 11.4 Å². The normalized spacial score (nSPS) is 11.9. The molecule has 0 fully saturated rings. The summed E-state index contributed by atoms with van der Waals surface area (Å²) in [6.45, 7) is 7.62. The number of aryl methyl sites for hydroxylation is 2. The average molecular weight is 312 g/mol. The Kier molecular flexibility index (Phi) is 5.40. The number of hydrogen-bond acceptors (Lipinski definition) is 3. The zero-order chi connectivity index (χ0) is 17.0. The van der Waals surface area contributed by atoms with Crippen molar-refractivity contribution < 1.29 is 9.90 Å². The Hall–Kier alpha value is -2.33. The maximum absolute atomic E-state index is 11.3. The number of aliphatic hydroxyl groups excluding tert-OH is 1. The molecule has 0 aliphatic carbocycles. The second kappa shape index (κ2) is 7.29. The summed E-state index contributed by atoms with van der Waals surface area (Å²) in [7, 11) is 0. The van der Waals surface area contributed by atoms with Gasteiger partial charge in [-0.1, -0.05) is 24.3 Å². The Morgan fingerprint density at radius 3 is 2.39 bits per heavy atom. The predicted molar refractivity (Wildman–Crippen MR) is 94.6 cm³/mol. The first-order valence-electron chi connectivity index (χ1n) is 7.75. The summed E-state index contributed by atoms with van der Waals surface area (Å²) in [4.78, 5) is 11.3. The molecule has 1 atom stereocenters. The summed E-state index contributed by atoms with van der Waals surface area (Å²) < 4.78 is 0. The van der Waals surface area contributed by atoms with Crippen LogP contribution in [0.4, 0.5) is 11.4 Å². The van der Waals surface area contributed by atoms with Crippen molar-refractivity contribution in [2.45, 2.75) is 40.3 Å². The first-order chi connectivity index (χ1) is 10.9. The molecule has 2 rings (SSSR count). The van der Waals surface area contributed by atoms with Crippen molar-refractivity contribution >= 4 is 17.3 Å². The second-order valence-electron chi connectivity index (χ2n) is 5.94. The molecular weight excluding hydrogens is 288 g/mol. The monoisotopic (exact) mass is 312 g/mol. The minimum absolute atomic E-state index is 0.0458. The molecule has 0 spiro atoms. The molecule has 0 aliphatic heterocycles. The van der Waals surface area contributed by atoms with E-state index >= 15 is 0 Å². The first-order valence-corrected chi connectivity index (χ1v) is 7.75. The molecule has 1 unspecified atom stereocenters. The third-order valence-electron chi connectivity index (χ3n) is 3.85. The molecule has 2 aromatic rings. The van der Waals surface area contributed by atoms with Crippen LogP contribution in [0.2, 0.25) is 0 Å². The van der Waals surface area contributed by atoms with Gasteiger partial charge in [-0.3, -0.25) is 4.79 Å². The maximum Gasteiger partial charge on any atom is 0.221 e. The number of benzene rings is 2. The van der Waals surface area contributed by atoms with E-state index in [1.165, 1.54) is 6.92 Å². The lowest BCUT2D eigenvalue weighted by Gasteiger charge is -2.19. The molecule has 0 bridgehead atoms. The van der Waals surface area contributed by atoms with Crippen molar-refractivity contribution in [3.05, 3.63) is 58.7 Å². The van der Waals surface area contributed by atoms with Crippen LogP contribution in [0.3, 0.4) is 0 Å². The molecule has 0 radical (unpaired) electrons. The van der Waals surface area contributed by atoms with Gasteiger partial charge in [0.15, 0.2) is 0 Å². The highest BCUT2D eigenvalue weighted by Gasteiger charge is 2.10. The summed E-state index contributed by atoms with van der Waals surface area (Å²) in [5.74, 6) is -0.0638. The molecule has 0 aliphatic rings. The Bertz CT molecular complexity index is 687. The summed E-state index contributed by atoms with van der Waals surface area (Å²) in [6.07, 6.45) is 0. The van der Waals surface area contributed by atoms with E-state index in [2.05, 4.69) is 17.6 Å². The molecule has 0 saturated heterocycles. The zero-order valence-corrected chi connectivity index (χ0v) is 14.1. The van der Waals surface area contributed by atoms with E-state index in [1.807, 2.05) is 50.2 Å². The first kappa shape index (κ1) is 17.0. The Morgan fingerprint density at radius 1 is 1.17 bits per heavy atom. The fourth-order valence-electron chi connectivity index (χ4n) is 2.71. The van der Waals surface area contributed by atoms with Crippen molar-refractivity contribution in [3.8, 4) is 0 Å². The smallest absolute Gasteiger partial charge is 0.221 e. The molecule has 122 valence electrons. The van der Waals surface area contributed by atoms with E-state index in [9.17, 15) is 9.90 Å². The Balaban J connectivity index is 2.21. The SMILES string of the molecule is CC(=O)Nc1c(C)cc(NC(C)c2cccc(CO)c2)cc1C. The standard InChI is InChI=1S/C19H24N2O2/c1-12-8-18(9-13(2)19(12)21-15(4)23)20-14(3)17-7-5-6-16(10-17)11-22/h5-10,14,20,22H,11H2,1-4H3,(H,21,23). The van der Waals surface area contributed by atoms with Gasteiger partial charge < -0.3 is 15.7 Å². The zero-order valence-electron chi connectivity index (χ0n) is 14.1. The van der Waals surface area contributed by atoms with E-state index in [-0.39, 0.29) is 18.6 Å². The average Bonchev–Trinajstić information content (AvgIpc) is 2.50. The number of carbonyl (C=O) groups is 1. The quantitative estimate of drug-likeness (QED) is 0.784. The van der Waals surface area contributed by atoms with Gasteiger partial charge in [-0.25, -0.2) is 0 Å². The number of rotatable bonds is 5. The van der Waals surface area contributed by atoms with Gasteiger partial charge in [-0.2, -0.15) is 0 Å². The summed E-state index contributed by atoms with van der Waals surface area (Å²) >= 11 is 0. The van der Waals surface area contributed by atoms with Gasteiger partial charge in [0.1, 0.15) is 0 Å². The molecule has 4 heteroatoms. The van der Waals surface area contributed by atoms with E-state index in [4.69, 9.17) is 0 Å². The largest absolute Gasteiger partial charge is 0.392 e. The van der Waals surface area contributed by atoms with Crippen LogP contribution >= 0.6 is 0 Å². The second-order valence-corrected chi connectivity index (χ2v) is 5.94. The van der Waals surface area contributed by atoms with Crippen molar-refractivity contribution in [2.75, 3.05) is 10.6 Å². The van der Waals surface area contributed by atoms with E-state index < -0.39 is 0 Å². The minimum atomic E-state index is -0.0638. The van der Waals surface area contributed by atoms with Gasteiger partial charge in [-0.05, 0) is 55.2 Å². The van der Waals surface area contributed by atoms with Crippen LogP contribution in [0.1, 0.15) is 42.1 Å². The molecular formula is C19H24N2O2. The number of hydrogen-bond donors (Lipinski definition) is 3. The highest BCUT2D eigenvalue weighted by atomic mass is 16.3. The lowest BCUT2D eigenvalue weighted by molar-refractivity contribution is -0.114. The minimum Gasteiger partial charge on any atom is -0.392 e. The molecule has 2 aromatic carbocycles. The van der Waals surface area contributed by atoms with Crippen LogP contribution < -0.4 is 10.6 Å². The highest BCUT2D eigenvalue weighted by molar-refractivity contribution is 5.91. The van der Waals surface area contributed by atoms with Gasteiger partial charge in [0.2, 0.25) is 5.91 Å². The molecule has 0 aromatic heterocycles. The maximum atomic E-state index is 11.3. The third kappa shape index (κ3) is 4.33. The van der Waals surface area contributed by atoms with Crippen molar-refractivity contribution in [1.82, 2.24) is 0 Å². The summed E-state index contributed by atoms with van der Waals surface area (Å²) in [5.41, 5.74) is 5.97. The fraction of sp³-hybridized carbons (Fsp3) is 0.316. The molecule has 3 N–H and O–H groups in total. The van der Waals surface area contributed by atoms with Crippen molar-refractivity contribution in [2.24, 2.45) is 0 Å². The van der Waals surface area contributed by atoms with Gasteiger partial charge >= 0.3 is 0 Å². The molecule has 0 heterocycles. The van der Waals surface area contributed by atoms with Crippen molar-refractivity contribution in [3.63, 3.8) is 0 Å². The summed E-state index contributed by atoms with van der Waals surface area (Å²) in [5, 5.41) is 15.6. The number of aliphatic hydroxyl groups is 1. The molecule has 0 saturated carbocycles. The van der Waals surface area contributed by atoms with Crippen LogP contribution in [0.15, 0.2) is 36.4 Å².